The summed E-state index contributed by atoms with van der Waals surface area (Å²) < 4.78 is 0. The van der Waals surface area contributed by atoms with Crippen LogP contribution in [0.3, 0.4) is 0 Å². The van der Waals surface area contributed by atoms with Gasteiger partial charge >= 0.3 is 5.97 Å². The molecule has 0 bridgehead atoms. The maximum absolute atomic E-state index is 11.1. The maximum Gasteiger partial charge on any atom is 0.310 e. The lowest BCUT2D eigenvalue weighted by Gasteiger charge is -2.14. The molecule has 1 aromatic heterocycles. The number of aromatic nitrogens is 2. The van der Waals surface area contributed by atoms with Crippen LogP contribution in [0.4, 0.5) is 0 Å². The topological polar surface area (TPSA) is 63.1 Å². The Morgan fingerprint density at radius 2 is 1.85 bits per heavy atom. The van der Waals surface area contributed by atoms with Crippen LogP contribution in [0.1, 0.15) is 29.8 Å². The SMILES string of the molecule is Cc1nc(-c2cccc(Cl)c2)nc(C)c1C(C)C(=O)O. The number of carboxylic acid groups (broad SMARTS) is 1. The lowest BCUT2D eigenvalue weighted by Crippen LogP contribution is -2.13. The van der Waals surface area contributed by atoms with E-state index in [1.54, 1.807) is 32.9 Å². The number of hydrogen-bond acceptors (Lipinski definition) is 3. The molecule has 2 rings (SSSR count). The van der Waals surface area contributed by atoms with Gasteiger partial charge in [0.15, 0.2) is 5.82 Å². The zero-order chi connectivity index (χ0) is 14.9. The van der Waals surface area contributed by atoms with Crippen LogP contribution < -0.4 is 0 Å². The van der Waals surface area contributed by atoms with Gasteiger partial charge in [-0.25, -0.2) is 9.97 Å². The van der Waals surface area contributed by atoms with Gasteiger partial charge in [0, 0.05) is 27.5 Å². The smallest absolute Gasteiger partial charge is 0.310 e. The molecule has 1 atom stereocenters. The molecule has 0 aliphatic rings. The van der Waals surface area contributed by atoms with Gasteiger partial charge in [-0.1, -0.05) is 23.7 Å². The second kappa shape index (κ2) is 5.59. The maximum atomic E-state index is 11.1. The summed E-state index contributed by atoms with van der Waals surface area (Å²) in [6, 6.07) is 7.28. The molecule has 0 aliphatic carbocycles. The predicted octanol–water partition coefficient (Wildman–Crippen LogP) is 3.60. The number of aryl methyl sites for hydroxylation is 2. The lowest BCUT2D eigenvalue weighted by atomic mass is 9.98. The minimum absolute atomic E-state index is 0.559. The van der Waals surface area contributed by atoms with Crippen LogP contribution in [-0.4, -0.2) is 21.0 Å². The summed E-state index contributed by atoms with van der Waals surface area (Å²) in [4.78, 5) is 20.0. The van der Waals surface area contributed by atoms with Gasteiger partial charge in [-0.05, 0) is 32.9 Å². The molecule has 1 N–H and O–H groups in total. The molecule has 4 nitrogen and oxygen atoms in total. The highest BCUT2D eigenvalue weighted by atomic mass is 35.5. The van der Waals surface area contributed by atoms with Gasteiger partial charge in [-0.15, -0.1) is 0 Å². The van der Waals surface area contributed by atoms with Crippen molar-refractivity contribution < 1.29 is 9.90 Å². The van der Waals surface area contributed by atoms with Crippen LogP contribution in [0.5, 0.6) is 0 Å². The number of halogens is 1. The summed E-state index contributed by atoms with van der Waals surface area (Å²) in [5, 5.41) is 9.75. The van der Waals surface area contributed by atoms with Crippen LogP contribution in [0.2, 0.25) is 5.02 Å². The van der Waals surface area contributed by atoms with Crippen LogP contribution in [-0.2, 0) is 4.79 Å². The first-order chi connectivity index (χ1) is 9.40. The first-order valence-electron chi connectivity index (χ1n) is 6.24. The molecule has 5 heteroatoms. The second-order valence-electron chi connectivity index (χ2n) is 4.70. The summed E-state index contributed by atoms with van der Waals surface area (Å²) in [5.41, 5.74) is 2.85. The van der Waals surface area contributed by atoms with Crippen LogP contribution in [0.15, 0.2) is 24.3 Å². The third-order valence-corrected chi connectivity index (χ3v) is 3.45. The van der Waals surface area contributed by atoms with Crippen molar-refractivity contribution in [3.05, 3.63) is 46.2 Å². The fourth-order valence-corrected chi connectivity index (χ4v) is 2.42. The highest BCUT2D eigenvalue weighted by molar-refractivity contribution is 6.30. The number of aliphatic carboxylic acids is 1. The van der Waals surface area contributed by atoms with E-state index in [0.717, 1.165) is 5.56 Å². The third kappa shape index (κ3) is 2.80. The van der Waals surface area contributed by atoms with Gasteiger partial charge in [0.1, 0.15) is 0 Å². The average Bonchev–Trinajstić information content (AvgIpc) is 2.37. The normalized spacial score (nSPS) is 12.2. The monoisotopic (exact) mass is 290 g/mol. The van der Waals surface area contributed by atoms with Crippen molar-refractivity contribution >= 4 is 17.6 Å². The quantitative estimate of drug-likeness (QED) is 0.938. The summed E-state index contributed by atoms with van der Waals surface area (Å²) in [6.45, 7) is 5.25. The molecule has 1 heterocycles. The van der Waals surface area contributed by atoms with Crippen molar-refractivity contribution in [2.24, 2.45) is 0 Å². The Morgan fingerprint density at radius 3 is 2.35 bits per heavy atom. The van der Waals surface area contributed by atoms with Crippen molar-refractivity contribution in [3.8, 4) is 11.4 Å². The van der Waals surface area contributed by atoms with Crippen molar-refractivity contribution in [1.29, 1.82) is 0 Å². The molecular formula is C15H15ClN2O2. The number of nitrogens with zero attached hydrogens (tertiary/aromatic N) is 2. The largest absolute Gasteiger partial charge is 0.481 e. The summed E-state index contributed by atoms with van der Waals surface area (Å²) in [6.07, 6.45) is 0. The highest BCUT2D eigenvalue weighted by Gasteiger charge is 2.21. The first-order valence-corrected chi connectivity index (χ1v) is 6.62. The molecule has 2 aromatic rings. The predicted molar refractivity (Wildman–Crippen MR) is 78.0 cm³/mol. The van der Waals surface area contributed by atoms with E-state index in [-0.39, 0.29) is 0 Å². The minimum atomic E-state index is -0.879. The molecule has 1 unspecified atom stereocenters. The standard InChI is InChI=1S/C15H15ClN2O2/c1-8(15(19)20)13-9(2)17-14(18-10(13)3)11-5-4-6-12(16)7-11/h4-8H,1-3H3,(H,19,20). The Kier molecular flexibility index (Phi) is 4.04. The van der Waals surface area contributed by atoms with E-state index < -0.39 is 11.9 Å². The Morgan fingerprint density at radius 1 is 1.25 bits per heavy atom. The minimum Gasteiger partial charge on any atom is -0.481 e. The van der Waals surface area contributed by atoms with E-state index in [0.29, 0.717) is 27.8 Å². The first kappa shape index (κ1) is 14.5. The van der Waals surface area contributed by atoms with Gasteiger partial charge in [0.05, 0.1) is 5.92 Å². The highest BCUT2D eigenvalue weighted by Crippen LogP contribution is 2.25. The van der Waals surface area contributed by atoms with E-state index in [1.807, 2.05) is 12.1 Å². The van der Waals surface area contributed by atoms with Gasteiger partial charge in [-0.2, -0.15) is 0 Å². The molecule has 0 saturated heterocycles. The lowest BCUT2D eigenvalue weighted by molar-refractivity contribution is -0.138. The van der Waals surface area contributed by atoms with E-state index in [9.17, 15) is 4.79 Å². The molecule has 0 aliphatic heterocycles. The number of benzene rings is 1. The molecule has 1 aromatic carbocycles. The number of rotatable bonds is 3. The zero-order valence-electron chi connectivity index (χ0n) is 11.5. The van der Waals surface area contributed by atoms with Gasteiger partial charge in [0.25, 0.3) is 0 Å². The summed E-state index contributed by atoms with van der Waals surface area (Å²) in [5.74, 6) is -0.942. The zero-order valence-corrected chi connectivity index (χ0v) is 12.3. The molecule has 20 heavy (non-hydrogen) atoms. The van der Waals surface area contributed by atoms with E-state index in [4.69, 9.17) is 16.7 Å². The average molecular weight is 291 g/mol. The summed E-state index contributed by atoms with van der Waals surface area (Å²) in [7, 11) is 0. The third-order valence-electron chi connectivity index (χ3n) is 3.21. The van der Waals surface area contributed by atoms with Crippen LogP contribution in [0.25, 0.3) is 11.4 Å². The molecular weight excluding hydrogens is 276 g/mol. The fourth-order valence-electron chi connectivity index (χ4n) is 2.23. The Labute approximate surface area is 122 Å². The Bertz CT molecular complexity index is 648. The second-order valence-corrected chi connectivity index (χ2v) is 5.14. The molecule has 0 amide bonds. The summed E-state index contributed by atoms with van der Waals surface area (Å²) >= 11 is 5.96. The van der Waals surface area contributed by atoms with Gasteiger partial charge in [-0.3, -0.25) is 4.79 Å². The van der Waals surface area contributed by atoms with Gasteiger partial charge < -0.3 is 5.11 Å². The molecule has 104 valence electrons. The Balaban J connectivity index is 2.53. The van der Waals surface area contributed by atoms with E-state index in [1.165, 1.54) is 0 Å². The van der Waals surface area contributed by atoms with Gasteiger partial charge in [0.2, 0.25) is 0 Å². The van der Waals surface area contributed by atoms with Crippen LogP contribution >= 0.6 is 11.6 Å². The number of carbonyl (C=O) groups is 1. The van der Waals surface area contributed by atoms with Crippen molar-refractivity contribution in [3.63, 3.8) is 0 Å². The Hall–Kier alpha value is -1.94. The molecule has 0 spiro atoms. The molecule has 0 fully saturated rings. The van der Waals surface area contributed by atoms with Crippen LogP contribution in [0, 0.1) is 13.8 Å². The molecule has 0 radical (unpaired) electrons. The number of carboxylic acids is 1. The molecule has 0 saturated carbocycles. The van der Waals surface area contributed by atoms with Crippen molar-refractivity contribution in [2.45, 2.75) is 26.7 Å². The number of hydrogen-bond donors (Lipinski definition) is 1. The van der Waals surface area contributed by atoms with Crippen molar-refractivity contribution in [1.82, 2.24) is 9.97 Å². The van der Waals surface area contributed by atoms with Crippen molar-refractivity contribution in [2.75, 3.05) is 0 Å². The fraction of sp³-hybridized carbons (Fsp3) is 0.267. The van der Waals surface area contributed by atoms with E-state index >= 15 is 0 Å². The van der Waals surface area contributed by atoms with E-state index in [2.05, 4.69) is 9.97 Å².